The molecule has 1 saturated heterocycles. The number of benzene rings is 1. The van der Waals surface area contributed by atoms with Crippen molar-refractivity contribution in [3.05, 3.63) is 47.7 Å². The highest BCUT2D eigenvalue weighted by Gasteiger charge is 2.35. The predicted molar refractivity (Wildman–Crippen MR) is 126 cm³/mol. The third kappa shape index (κ3) is 5.56. The number of carbonyl (C=O) groups is 1. The Morgan fingerprint density at radius 1 is 1.25 bits per heavy atom. The second kappa shape index (κ2) is 9.32. The third-order valence-corrected chi connectivity index (χ3v) is 6.72. The van der Waals surface area contributed by atoms with Gasteiger partial charge >= 0.3 is 6.09 Å². The highest BCUT2D eigenvalue weighted by Crippen LogP contribution is 2.36. The van der Waals surface area contributed by atoms with E-state index in [-0.39, 0.29) is 12.2 Å². The van der Waals surface area contributed by atoms with E-state index in [9.17, 15) is 9.35 Å². The number of hydrogen-bond donors (Lipinski definition) is 0. The normalized spacial score (nSPS) is 19.9. The zero-order chi connectivity index (χ0) is 22.9. The molecule has 0 saturated carbocycles. The minimum Gasteiger partial charge on any atom is -0.616 e. The Bertz CT molecular complexity index is 947. The van der Waals surface area contributed by atoms with Crippen LogP contribution in [0.5, 0.6) is 5.75 Å². The number of piperidine rings is 1. The molecule has 32 heavy (non-hydrogen) atoms. The maximum Gasteiger partial charge on any atom is 0.410 e. The standard InChI is InChI=1S/C25H32N2O4S/c1-25(2,3)31-24(28)27-11-9-19(10-12-27)22-14-20-13-21(26-15-23(20)30-22)18-7-5-17(6-8-18)16-32(4)29/h5-8,13,15,19,22H,9-12,14,16H2,1-4H3. The first kappa shape index (κ1) is 22.9. The molecular formula is C25H32N2O4S. The molecule has 2 aliphatic heterocycles. The van der Waals surface area contributed by atoms with Crippen LogP contribution in [0.1, 0.15) is 44.7 Å². The van der Waals surface area contributed by atoms with Crippen molar-refractivity contribution in [2.24, 2.45) is 5.92 Å². The molecule has 2 unspecified atom stereocenters. The number of aromatic nitrogens is 1. The lowest BCUT2D eigenvalue weighted by molar-refractivity contribution is 0.0123. The molecule has 1 aromatic carbocycles. The Hall–Kier alpha value is -2.25. The Balaban J connectivity index is 1.35. The van der Waals surface area contributed by atoms with Crippen molar-refractivity contribution in [2.75, 3.05) is 19.3 Å². The third-order valence-electron chi connectivity index (χ3n) is 5.98. The maximum atomic E-state index is 12.3. The Morgan fingerprint density at radius 3 is 2.56 bits per heavy atom. The maximum absolute atomic E-state index is 12.3. The van der Waals surface area contributed by atoms with Crippen LogP contribution in [0.2, 0.25) is 0 Å². The van der Waals surface area contributed by atoms with Crippen LogP contribution < -0.4 is 4.74 Å². The van der Waals surface area contributed by atoms with E-state index >= 15 is 0 Å². The van der Waals surface area contributed by atoms with Crippen LogP contribution in [0.25, 0.3) is 11.3 Å². The van der Waals surface area contributed by atoms with Gasteiger partial charge in [-0.2, -0.15) is 0 Å². The van der Waals surface area contributed by atoms with E-state index in [1.54, 1.807) is 11.2 Å². The summed E-state index contributed by atoms with van der Waals surface area (Å²) in [5.74, 6) is 1.85. The van der Waals surface area contributed by atoms with Crippen LogP contribution in [-0.4, -0.2) is 51.6 Å². The Morgan fingerprint density at radius 2 is 1.94 bits per heavy atom. The van der Waals surface area contributed by atoms with E-state index in [0.29, 0.717) is 24.8 Å². The van der Waals surface area contributed by atoms with E-state index in [2.05, 4.69) is 11.1 Å². The van der Waals surface area contributed by atoms with E-state index in [1.807, 2.05) is 51.2 Å². The second-order valence-electron chi connectivity index (χ2n) is 9.76. The SMILES string of the molecule is C[S+]([O-])Cc1ccc(-c2cc3c(cn2)OC(C2CCN(C(=O)OC(C)(C)C)CC2)C3)cc1. The summed E-state index contributed by atoms with van der Waals surface area (Å²) in [5, 5.41) is 0. The van der Waals surface area contributed by atoms with Crippen molar-refractivity contribution in [2.45, 2.75) is 57.5 Å². The number of ether oxygens (including phenoxy) is 2. The van der Waals surface area contributed by atoms with Gasteiger partial charge in [-0.1, -0.05) is 35.4 Å². The minimum atomic E-state index is -0.845. The van der Waals surface area contributed by atoms with Gasteiger partial charge in [0.2, 0.25) is 0 Å². The molecule has 7 heteroatoms. The van der Waals surface area contributed by atoms with Gasteiger partial charge in [0, 0.05) is 36.2 Å². The molecule has 0 radical (unpaired) electrons. The second-order valence-corrected chi connectivity index (χ2v) is 11.2. The van der Waals surface area contributed by atoms with Crippen molar-refractivity contribution in [3.63, 3.8) is 0 Å². The zero-order valence-corrected chi connectivity index (χ0v) is 20.1. The Kier molecular flexibility index (Phi) is 6.67. The van der Waals surface area contributed by atoms with Crippen molar-refractivity contribution in [3.8, 4) is 17.0 Å². The van der Waals surface area contributed by atoms with Crippen LogP contribution in [0.3, 0.4) is 0 Å². The van der Waals surface area contributed by atoms with Gasteiger partial charge in [-0.25, -0.2) is 4.79 Å². The summed E-state index contributed by atoms with van der Waals surface area (Å²) in [7, 11) is 0. The van der Waals surface area contributed by atoms with Crippen LogP contribution in [-0.2, 0) is 28.1 Å². The van der Waals surface area contributed by atoms with Crippen molar-refractivity contribution >= 4 is 17.3 Å². The van der Waals surface area contributed by atoms with Crippen molar-refractivity contribution in [1.82, 2.24) is 9.88 Å². The molecule has 4 rings (SSSR count). The van der Waals surface area contributed by atoms with E-state index in [0.717, 1.165) is 41.8 Å². The molecule has 0 aliphatic carbocycles. The molecule has 0 N–H and O–H groups in total. The van der Waals surface area contributed by atoms with E-state index < -0.39 is 16.8 Å². The summed E-state index contributed by atoms with van der Waals surface area (Å²) in [4.78, 5) is 18.7. The number of pyridine rings is 1. The number of fused-ring (bicyclic) bond motifs is 1. The number of carbonyl (C=O) groups excluding carboxylic acids is 1. The number of amides is 1. The molecule has 1 amide bonds. The molecule has 6 nitrogen and oxygen atoms in total. The lowest BCUT2D eigenvalue weighted by atomic mass is 9.89. The summed E-state index contributed by atoms with van der Waals surface area (Å²) in [6.45, 7) is 7.09. The van der Waals surface area contributed by atoms with E-state index in [1.165, 1.54) is 5.56 Å². The van der Waals surface area contributed by atoms with Crippen molar-refractivity contribution in [1.29, 1.82) is 0 Å². The zero-order valence-electron chi connectivity index (χ0n) is 19.3. The first-order valence-corrected chi connectivity index (χ1v) is 12.9. The number of likely N-dealkylation sites (tertiary alicyclic amines) is 1. The van der Waals surface area contributed by atoms with Crippen LogP contribution in [0, 0.1) is 5.92 Å². The monoisotopic (exact) mass is 456 g/mol. The fraction of sp³-hybridized carbons (Fsp3) is 0.520. The van der Waals surface area contributed by atoms with Crippen LogP contribution >= 0.6 is 0 Å². The van der Waals surface area contributed by atoms with Gasteiger partial charge in [-0.05, 0) is 45.6 Å². The smallest absolute Gasteiger partial charge is 0.410 e. The molecule has 2 aromatic rings. The predicted octanol–water partition coefficient (Wildman–Crippen LogP) is 4.58. The van der Waals surface area contributed by atoms with Crippen molar-refractivity contribution < 1.29 is 18.8 Å². The fourth-order valence-corrected chi connectivity index (χ4v) is 5.04. The summed E-state index contributed by atoms with van der Waals surface area (Å²) >= 11 is -0.845. The molecule has 3 heterocycles. The number of nitrogens with zero attached hydrogens (tertiary/aromatic N) is 2. The van der Waals surface area contributed by atoms with Gasteiger partial charge < -0.3 is 18.9 Å². The highest BCUT2D eigenvalue weighted by molar-refractivity contribution is 7.89. The average Bonchev–Trinajstić information content (AvgIpc) is 3.16. The quantitative estimate of drug-likeness (QED) is 0.630. The first-order valence-electron chi connectivity index (χ1n) is 11.2. The van der Waals surface area contributed by atoms with Gasteiger partial charge in [-0.3, -0.25) is 4.98 Å². The first-order chi connectivity index (χ1) is 15.2. The summed E-state index contributed by atoms with van der Waals surface area (Å²) in [5.41, 5.74) is 3.76. The van der Waals surface area contributed by atoms with E-state index in [4.69, 9.17) is 9.47 Å². The summed E-state index contributed by atoms with van der Waals surface area (Å²) in [6, 6.07) is 10.2. The topological polar surface area (TPSA) is 74.7 Å². The van der Waals surface area contributed by atoms with Crippen LogP contribution in [0.15, 0.2) is 36.5 Å². The molecule has 1 fully saturated rings. The molecule has 172 valence electrons. The largest absolute Gasteiger partial charge is 0.616 e. The van der Waals surface area contributed by atoms with Gasteiger partial charge in [0.25, 0.3) is 0 Å². The molecule has 0 spiro atoms. The van der Waals surface area contributed by atoms with Gasteiger partial charge in [0.15, 0.2) is 0 Å². The van der Waals surface area contributed by atoms with Gasteiger partial charge in [0.05, 0.1) is 18.1 Å². The molecule has 0 bridgehead atoms. The van der Waals surface area contributed by atoms with Crippen LogP contribution in [0.4, 0.5) is 4.79 Å². The molecule has 1 aromatic heterocycles. The number of rotatable bonds is 4. The lowest BCUT2D eigenvalue weighted by Gasteiger charge is -2.35. The molecule has 2 aliphatic rings. The summed E-state index contributed by atoms with van der Waals surface area (Å²) in [6.07, 6.45) is 6.15. The number of hydrogen-bond acceptors (Lipinski definition) is 5. The summed E-state index contributed by atoms with van der Waals surface area (Å²) < 4.78 is 23.2. The fourth-order valence-electron chi connectivity index (χ4n) is 4.38. The van der Waals surface area contributed by atoms with Gasteiger partial charge in [0.1, 0.15) is 23.2 Å². The average molecular weight is 457 g/mol. The molecule has 2 atom stereocenters. The minimum absolute atomic E-state index is 0.129. The lowest BCUT2D eigenvalue weighted by Crippen LogP contribution is -2.44. The Labute approximate surface area is 193 Å². The highest BCUT2D eigenvalue weighted by atomic mass is 32.2. The molecular weight excluding hydrogens is 424 g/mol. The van der Waals surface area contributed by atoms with Gasteiger partial charge in [-0.15, -0.1) is 0 Å².